The molecule has 1 aliphatic rings. The van der Waals surface area contributed by atoms with E-state index in [0.29, 0.717) is 11.8 Å². The molecule has 1 fully saturated rings. The van der Waals surface area contributed by atoms with Crippen molar-refractivity contribution in [3.8, 4) is 0 Å². The molecule has 1 aliphatic heterocycles. The molecule has 0 aromatic carbocycles. The molecule has 3 nitrogen and oxygen atoms in total. The molecule has 1 rings (SSSR count). The maximum Gasteiger partial charge on any atom is 0.243 e. The molecule has 20 heavy (non-hydrogen) atoms. The van der Waals surface area contributed by atoms with Crippen molar-refractivity contribution in [3.63, 3.8) is 0 Å². The summed E-state index contributed by atoms with van der Waals surface area (Å²) in [5, 5.41) is 3.57. The number of amides is 1. The third-order valence-corrected chi connectivity index (χ3v) is 4.43. The van der Waals surface area contributed by atoms with Crippen LogP contribution in [0.1, 0.15) is 73.6 Å². The number of unbranched alkanes of at least 4 members (excludes halogenated alkanes) is 1. The normalized spacial score (nSPS) is 27.1. The van der Waals surface area contributed by atoms with E-state index in [1.165, 1.54) is 12.8 Å². The van der Waals surface area contributed by atoms with Gasteiger partial charge in [-0.1, -0.05) is 47.5 Å². The molecule has 1 heterocycles. The molecular formula is C17H34N2O. The van der Waals surface area contributed by atoms with Crippen LogP contribution in [-0.4, -0.2) is 29.1 Å². The lowest BCUT2D eigenvalue weighted by atomic mass is 9.99. The zero-order valence-corrected chi connectivity index (χ0v) is 14.3. The Bertz CT molecular complexity index is 314. The van der Waals surface area contributed by atoms with Crippen molar-refractivity contribution in [2.45, 2.75) is 85.4 Å². The highest BCUT2D eigenvalue weighted by Crippen LogP contribution is 2.27. The first-order chi connectivity index (χ1) is 9.30. The molecule has 1 N–H and O–H groups in total. The van der Waals surface area contributed by atoms with Crippen LogP contribution >= 0.6 is 0 Å². The number of carbonyl (C=O) groups excluding carboxylic acids is 1. The van der Waals surface area contributed by atoms with Crippen molar-refractivity contribution in [2.75, 3.05) is 6.54 Å². The summed E-state index contributed by atoms with van der Waals surface area (Å²) in [6.07, 6.45) is 5.74. The molecule has 118 valence electrons. The predicted molar refractivity (Wildman–Crippen MR) is 85.5 cm³/mol. The van der Waals surface area contributed by atoms with Gasteiger partial charge in [0.15, 0.2) is 0 Å². The Balaban J connectivity index is 2.60. The van der Waals surface area contributed by atoms with Crippen LogP contribution in [0.25, 0.3) is 0 Å². The second-order valence-electron chi connectivity index (χ2n) is 7.36. The quantitative estimate of drug-likeness (QED) is 0.687. The maximum atomic E-state index is 12.6. The molecule has 0 radical (unpaired) electrons. The molecule has 0 saturated carbocycles. The SMILES string of the molecule is CCC1(C)NC(CC(C)C)N(CCCCC(C)C)C1=O. The zero-order chi connectivity index (χ0) is 15.3. The fourth-order valence-corrected chi connectivity index (χ4v) is 2.94. The lowest BCUT2D eigenvalue weighted by molar-refractivity contribution is -0.133. The smallest absolute Gasteiger partial charge is 0.243 e. The second kappa shape index (κ2) is 7.44. The van der Waals surface area contributed by atoms with Gasteiger partial charge in [-0.3, -0.25) is 10.1 Å². The molecule has 1 saturated heterocycles. The van der Waals surface area contributed by atoms with Gasteiger partial charge in [-0.2, -0.15) is 0 Å². The van der Waals surface area contributed by atoms with Gasteiger partial charge in [0.1, 0.15) is 0 Å². The van der Waals surface area contributed by atoms with E-state index < -0.39 is 0 Å². The highest BCUT2D eigenvalue weighted by atomic mass is 16.2. The van der Waals surface area contributed by atoms with Crippen molar-refractivity contribution >= 4 is 5.91 Å². The summed E-state index contributed by atoms with van der Waals surface area (Å²) in [6, 6.07) is 0. The van der Waals surface area contributed by atoms with Crippen molar-refractivity contribution in [1.29, 1.82) is 0 Å². The van der Waals surface area contributed by atoms with Crippen LogP contribution in [0, 0.1) is 11.8 Å². The van der Waals surface area contributed by atoms with Gasteiger partial charge >= 0.3 is 0 Å². The van der Waals surface area contributed by atoms with E-state index >= 15 is 0 Å². The average Bonchev–Trinajstić information content (AvgIpc) is 2.58. The van der Waals surface area contributed by atoms with Gasteiger partial charge in [0.05, 0.1) is 11.7 Å². The number of hydrogen-bond donors (Lipinski definition) is 1. The third kappa shape index (κ3) is 4.47. The third-order valence-electron chi connectivity index (χ3n) is 4.43. The minimum absolute atomic E-state index is 0.228. The van der Waals surface area contributed by atoms with E-state index in [1.54, 1.807) is 0 Å². The van der Waals surface area contributed by atoms with E-state index in [1.807, 2.05) is 0 Å². The lowest BCUT2D eigenvalue weighted by Gasteiger charge is -2.25. The Kier molecular flexibility index (Phi) is 6.50. The van der Waals surface area contributed by atoms with E-state index in [4.69, 9.17) is 0 Å². The number of carbonyl (C=O) groups is 1. The molecule has 2 atom stereocenters. The summed E-state index contributed by atoms with van der Waals surface area (Å²) in [6.45, 7) is 14.0. The number of nitrogens with zero attached hydrogens (tertiary/aromatic N) is 1. The summed E-state index contributed by atoms with van der Waals surface area (Å²) in [5.41, 5.74) is -0.350. The summed E-state index contributed by atoms with van der Waals surface area (Å²) in [5.74, 6) is 1.67. The zero-order valence-electron chi connectivity index (χ0n) is 14.3. The van der Waals surface area contributed by atoms with E-state index in [0.717, 1.165) is 31.7 Å². The molecule has 0 aromatic heterocycles. The van der Waals surface area contributed by atoms with Gasteiger partial charge in [-0.05, 0) is 38.0 Å². The van der Waals surface area contributed by atoms with E-state index in [9.17, 15) is 4.79 Å². The maximum absolute atomic E-state index is 12.6. The monoisotopic (exact) mass is 282 g/mol. The number of nitrogens with one attached hydrogen (secondary N) is 1. The van der Waals surface area contributed by atoms with E-state index in [2.05, 4.69) is 51.8 Å². The lowest BCUT2D eigenvalue weighted by Crippen LogP contribution is -2.44. The van der Waals surface area contributed by atoms with Crippen LogP contribution in [0.15, 0.2) is 0 Å². The van der Waals surface area contributed by atoms with Gasteiger partial charge in [0, 0.05) is 6.54 Å². The molecule has 0 aromatic rings. The molecular weight excluding hydrogens is 248 g/mol. The minimum Gasteiger partial charge on any atom is -0.326 e. The van der Waals surface area contributed by atoms with Crippen LogP contribution in [0.5, 0.6) is 0 Å². The van der Waals surface area contributed by atoms with Gasteiger partial charge < -0.3 is 4.90 Å². The summed E-state index contributed by atoms with van der Waals surface area (Å²) < 4.78 is 0. The summed E-state index contributed by atoms with van der Waals surface area (Å²) in [7, 11) is 0. The molecule has 0 spiro atoms. The van der Waals surface area contributed by atoms with Gasteiger partial charge in [0.25, 0.3) is 0 Å². The van der Waals surface area contributed by atoms with Crippen LogP contribution in [0.2, 0.25) is 0 Å². The standard InChI is InChI=1S/C17H34N2O/c1-7-17(6)16(20)19(11-9-8-10-13(2)3)15(18-17)12-14(4)5/h13-15,18H,7-12H2,1-6H3. The Morgan fingerprint density at radius 3 is 2.35 bits per heavy atom. The minimum atomic E-state index is -0.350. The fourth-order valence-electron chi connectivity index (χ4n) is 2.94. The van der Waals surface area contributed by atoms with Crippen molar-refractivity contribution in [1.82, 2.24) is 10.2 Å². The Morgan fingerprint density at radius 2 is 1.85 bits per heavy atom. The van der Waals surface area contributed by atoms with Crippen LogP contribution in [0.4, 0.5) is 0 Å². The largest absolute Gasteiger partial charge is 0.326 e. The molecule has 0 aliphatic carbocycles. The van der Waals surface area contributed by atoms with Crippen LogP contribution < -0.4 is 5.32 Å². The first-order valence-electron chi connectivity index (χ1n) is 8.39. The highest BCUT2D eigenvalue weighted by Gasteiger charge is 2.46. The number of hydrogen-bond acceptors (Lipinski definition) is 2. The average molecular weight is 282 g/mol. The van der Waals surface area contributed by atoms with Gasteiger partial charge in [0.2, 0.25) is 5.91 Å². The van der Waals surface area contributed by atoms with Crippen molar-refractivity contribution in [2.24, 2.45) is 11.8 Å². The summed E-state index contributed by atoms with van der Waals surface area (Å²) in [4.78, 5) is 14.7. The van der Waals surface area contributed by atoms with Gasteiger partial charge in [-0.15, -0.1) is 0 Å². The predicted octanol–water partition coefficient (Wildman–Crippen LogP) is 3.79. The molecule has 3 heteroatoms. The Hall–Kier alpha value is -0.570. The Labute approximate surface area is 125 Å². The van der Waals surface area contributed by atoms with Gasteiger partial charge in [-0.25, -0.2) is 0 Å². The van der Waals surface area contributed by atoms with Crippen molar-refractivity contribution in [3.05, 3.63) is 0 Å². The van der Waals surface area contributed by atoms with Crippen LogP contribution in [0.3, 0.4) is 0 Å². The topological polar surface area (TPSA) is 32.3 Å². The fraction of sp³-hybridized carbons (Fsp3) is 0.941. The molecule has 2 unspecified atom stereocenters. The number of rotatable bonds is 8. The summed E-state index contributed by atoms with van der Waals surface area (Å²) >= 11 is 0. The second-order valence-corrected chi connectivity index (χ2v) is 7.36. The first-order valence-corrected chi connectivity index (χ1v) is 8.39. The molecule has 1 amide bonds. The van der Waals surface area contributed by atoms with Crippen molar-refractivity contribution < 1.29 is 4.79 Å². The van der Waals surface area contributed by atoms with E-state index in [-0.39, 0.29) is 11.7 Å². The Morgan fingerprint density at radius 1 is 1.20 bits per heavy atom. The molecule has 0 bridgehead atoms. The first kappa shape index (κ1) is 17.5. The van der Waals surface area contributed by atoms with Crippen LogP contribution in [-0.2, 0) is 4.79 Å². The highest BCUT2D eigenvalue weighted by molar-refractivity contribution is 5.88.